The molecule has 2 aromatic rings. The zero-order valence-electron chi connectivity index (χ0n) is 34.6. The van der Waals surface area contributed by atoms with Crippen LogP contribution in [-0.4, -0.2) is 111 Å². The number of anilines is 2. The van der Waals surface area contributed by atoms with Crippen molar-refractivity contribution < 1.29 is 62.5 Å². The SMILES string of the molecule is CC(C)(C)OC(=O)NCC(=O)Nc1cccc2c1CN(C1CCC(=O)NC1=O)C2=O.CC(C)(C)OC(=O)NCC(=O)O.Nc1cccc2c1CN(C1CCC(=O)NC1=O)C2=O. The standard InChI is InChI=1S/C20H24N4O6.C13H13N3O3.C7H13NO4/c1-20(2,3)30-19(29)21-9-16(26)22-13-6-4-5-11-12(13)10-24(18(11)28)14-7-8-15(25)23-17(14)27;14-9-3-1-2-7-8(9)6-16(13(7)19)10-4-5-11(17)15-12(10)18;1-7(2,3)12-6(11)8-4-5(9)10/h4-6,14H,7-10H2,1-3H3,(H,21,29)(H,22,26)(H,23,25,27);1-3,10H,4-6,14H2,(H,15,17,18);4H2,1-3H3,(H,8,11)(H,9,10). The summed E-state index contributed by atoms with van der Waals surface area (Å²) in [4.78, 5) is 119. The van der Waals surface area contributed by atoms with Gasteiger partial charge in [-0.25, -0.2) is 9.59 Å². The lowest BCUT2D eigenvalue weighted by Crippen LogP contribution is -2.52. The van der Waals surface area contributed by atoms with Gasteiger partial charge in [0.25, 0.3) is 11.8 Å². The number of rotatable bonds is 7. The van der Waals surface area contributed by atoms with Gasteiger partial charge in [0.05, 0.1) is 0 Å². The number of nitrogens with one attached hydrogen (secondary N) is 5. The third-order valence-corrected chi connectivity index (χ3v) is 9.05. The molecule has 0 radical (unpaired) electrons. The fourth-order valence-corrected chi connectivity index (χ4v) is 6.44. The first kappa shape index (κ1) is 46.6. The summed E-state index contributed by atoms with van der Waals surface area (Å²) in [6, 6.07) is 8.74. The van der Waals surface area contributed by atoms with Gasteiger partial charge in [-0.2, -0.15) is 0 Å². The molecule has 2 unspecified atom stereocenters. The second-order valence-corrected chi connectivity index (χ2v) is 16.2. The highest BCUT2D eigenvalue weighted by molar-refractivity contribution is 6.07. The van der Waals surface area contributed by atoms with E-state index in [1.54, 1.807) is 77.9 Å². The zero-order valence-corrected chi connectivity index (χ0v) is 34.6. The van der Waals surface area contributed by atoms with Crippen molar-refractivity contribution in [3.05, 3.63) is 58.7 Å². The number of nitrogen functional groups attached to an aromatic ring is 1. The Morgan fingerprint density at radius 2 is 1.15 bits per heavy atom. The Morgan fingerprint density at radius 1 is 0.705 bits per heavy atom. The van der Waals surface area contributed by atoms with Crippen LogP contribution >= 0.6 is 0 Å². The van der Waals surface area contributed by atoms with Gasteiger partial charge in [-0.05, 0) is 78.6 Å². The molecule has 2 aromatic carbocycles. The Labute approximate surface area is 350 Å². The first-order valence-electron chi connectivity index (χ1n) is 19.2. The quantitative estimate of drug-likeness (QED) is 0.154. The molecule has 4 aliphatic rings. The number of benzene rings is 2. The lowest BCUT2D eigenvalue weighted by atomic mass is 10.0. The number of carbonyl (C=O) groups is 10. The number of imide groups is 2. The molecule has 2 atom stereocenters. The Kier molecular flexibility index (Phi) is 14.8. The monoisotopic (exact) mass is 850 g/mol. The number of hydrogen-bond donors (Lipinski definition) is 7. The molecule has 21 heteroatoms. The summed E-state index contributed by atoms with van der Waals surface area (Å²) in [6.45, 7) is 9.98. The third kappa shape index (κ3) is 13.0. The third-order valence-electron chi connectivity index (χ3n) is 9.05. The smallest absolute Gasteiger partial charge is 0.408 e. The predicted molar refractivity (Wildman–Crippen MR) is 214 cm³/mol. The Hall–Kier alpha value is -7.06. The number of ether oxygens (including phenoxy) is 2. The van der Waals surface area contributed by atoms with Gasteiger partial charge in [0.2, 0.25) is 29.5 Å². The van der Waals surface area contributed by atoms with Crippen molar-refractivity contribution in [1.82, 2.24) is 31.1 Å². The van der Waals surface area contributed by atoms with Crippen LogP contribution in [0.5, 0.6) is 0 Å². The summed E-state index contributed by atoms with van der Waals surface area (Å²) in [5.74, 6) is -3.66. The Balaban J connectivity index is 0.000000225. The highest BCUT2D eigenvalue weighted by atomic mass is 16.6. The van der Waals surface area contributed by atoms with Crippen molar-refractivity contribution in [2.24, 2.45) is 0 Å². The fourth-order valence-electron chi connectivity index (χ4n) is 6.44. The summed E-state index contributed by atoms with van der Waals surface area (Å²) in [5.41, 5.74) is 7.83. The molecule has 61 heavy (non-hydrogen) atoms. The van der Waals surface area contributed by atoms with Crippen molar-refractivity contribution in [3.63, 3.8) is 0 Å². The number of hydrogen-bond acceptors (Lipinski definition) is 13. The molecule has 6 rings (SSSR count). The van der Waals surface area contributed by atoms with E-state index in [-0.39, 0.29) is 56.0 Å². The average Bonchev–Trinajstić information content (AvgIpc) is 3.66. The number of fused-ring (bicyclic) bond motifs is 2. The minimum Gasteiger partial charge on any atom is -0.480 e. The molecule has 4 aliphatic heterocycles. The van der Waals surface area contributed by atoms with Crippen LogP contribution in [0.25, 0.3) is 0 Å². The van der Waals surface area contributed by atoms with Gasteiger partial charge in [-0.3, -0.25) is 49.0 Å². The highest BCUT2D eigenvalue weighted by Gasteiger charge is 2.41. The molecule has 2 fully saturated rings. The molecule has 8 N–H and O–H groups in total. The molecule has 0 aromatic heterocycles. The molecule has 21 nitrogen and oxygen atoms in total. The maximum Gasteiger partial charge on any atom is 0.408 e. The van der Waals surface area contributed by atoms with Gasteiger partial charge < -0.3 is 46.1 Å². The lowest BCUT2D eigenvalue weighted by molar-refractivity contribution is -0.138. The second kappa shape index (κ2) is 19.3. The van der Waals surface area contributed by atoms with Gasteiger partial charge in [0, 0.05) is 59.6 Å². The van der Waals surface area contributed by atoms with Crippen LogP contribution in [0, 0.1) is 0 Å². The summed E-state index contributed by atoms with van der Waals surface area (Å²) in [5, 5.41) is 19.8. The van der Waals surface area contributed by atoms with Crippen molar-refractivity contribution >= 4 is 70.9 Å². The second-order valence-electron chi connectivity index (χ2n) is 16.2. The molecular formula is C40H50N8O13. The summed E-state index contributed by atoms with van der Waals surface area (Å²) >= 11 is 0. The number of piperidine rings is 2. The number of nitrogens with zero attached hydrogens (tertiary/aromatic N) is 2. The zero-order chi connectivity index (χ0) is 45.4. The summed E-state index contributed by atoms with van der Waals surface area (Å²) < 4.78 is 9.86. The van der Waals surface area contributed by atoms with E-state index in [4.69, 9.17) is 20.3 Å². The minimum absolute atomic E-state index is 0.135. The van der Waals surface area contributed by atoms with Crippen LogP contribution in [0.3, 0.4) is 0 Å². The summed E-state index contributed by atoms with van der Waals surface area (Å²) in [7, 11) is 0. The van der Waals surface area contributed by atoms with E-state index in [1.165, 1.54) is 9.80 Å². The number of alkyl carbamates (subject to hydrolysis) is 2. The number of aliphatic carboxylic acids is 1. The molecule has 2 saturated heterocycles. The van der Waals surface area contributed by atoms with Crippen LogP contribution in [0.1, 0.15) is 99.1 Å². The number of carboxylic acids is 1. The van der Waals surface area contributed by atoms with Gasteiger partial charge in [-0.15, -0.1) is 0 Å². The maximum atomic E-state index is 12.8. The first-order valence-corrected chi connectivity index (χ1v) is 19.2. The van der Waals surface area contributed by atoms with Crippen LogP contribution in [0.15, 0.2) is 36.4 Å². The molecule has 9 amide bonds. The van der Waals surface area contributed by atoms with Crippen molar-refractivity contribution in [2.75, 3.05) is 24.1 Å². The normalized spacial score (nSPS) is 18.2. The highest BCUT2D eigenvalue weighted by Crippen LogP contribution is 2.33. The fraction of sp³-hybridized carbons (Fsp3) is 0.450. The first-order chi connectivity index (χ1) is 28.4. The van der Waals surface area contributed by atoms with Crippen LogP contribution < -0.4 is 32.3 Å². The Morgan fingerprint density at radius 3 is 1.59 bits per heavy atom. The molecular weight excluding hydrogens is 800 g/mol. The average molecular weight is 851 g/mol. The van der Waals surface area contributed by atoms with E-state index in [9.17, 15) is 47.9 Å². The van der Waals surface area contributed by atoms with Crippen molar-refractivity contribution in [2.45, 2.75) is 104 Å². The van der Waals surface area contributed by atoms with Gasteiger partial charge in [0.15, 0.2) is 0 Å². The number of carbonyl (C=O) groups excluding carboxylic acids is 9. The number of amides is 9. The van der Waals surface area contributed by atoms with Crippen LogP contribution in [-0.2, 0) is 51.3 Å². The van der Waals surface area contributed by atoms with E-state index in [1.807, 2.05) is 0 Å². The predicted octanol–water partition coefficient (Wildman–Crippen LogP) is 1.54. The van der Waals surface area contributed by atoms with Gasteiger partial charge in [0.1, 0.15) is 36.4 Å². The maximum absolute atomic E-state index is 12.8. The molecule has 328 valence electrons. The molecule has 0 spiro atoms. The largest absolute Gasteiger partial charge is 0.480 e. The molecule has 0 saturated carbocycles. The number of nitrogens with two attached hydrogens (primary N) is 1. The van der Waals surface area contributed by atoms with E-state index in [0.717, 1.165) is 5.56 Å². The van der Waals surface area contributed by atoms with E-state index in [2.05, 4.69) is 26.6 Å². The van der Waals surface area contributed by atoms with E-state index < -0.39 is 65.7 Å². The Bertz CT molecular complexity index is 2120. The molecule has 0 bridgehead atoms. The van der Waals surface area contributed by atoms with E-state index in [0.29, 0.717) is 41.0 Å². The topological polar surface area (TPSA) is 302 Å². The minimum atomic E-state index is -1.10. The number of carboxylic acid groups (broad SMARTS) is 1. The molecule has 4 heterocycles. The molecule has 0 aliphatic carbocycles. The van der Waals surface area contributed by atoms with Crippen LogP contribution in [0.4, 0.5) is 21.0 Å². The van der Waals surface area contributed by atoms with Crippen LogP contribution in [0.2, 0.25) is 0 Å². The van der Waals surface area contributed by atoms with Crippen molar-refractivity contribution in [1.29, 1.82) is 0 Å². The lowest BCUT2D eigenvalue weighted by Gasteiger charge is -2.29. The van der Waals surface area contributed by atoms with Crippen molar-refractivity contribution in [3.8, 4) is 0 Å². The van der Waals surface area contributed by atoms with E-state index >= 15 is 0 Å². The van der Waals surface area contributed by atoms with Gasteiger partial charge >= 0.3 is 18.2 Å². The van der Waals surface area contributed by atoms with Gasteiger partial charge in [-0.1, -0.05) is 12.1 Å². The summed E-state index contributed by atoms with van der Waals surface area (Å²) in [6.07, 6.45) is -0.390.